The number of aryl methyl sites for hydroxylation is 1. The minimum absolute atomic E-state index is 0.345. The highest BCUT2D eigenvalue weighted by atomic mass is 32.1. The van der Waals surface area contributed by atoms with E-state index in [9.17, 15) is 0 Å². The Balaban J connectivity index is 2.18. The summed E-state index contributed by atoms with van der Waals surface area (Å²) < 4.78 is 4.11. The van der Waals surface area contributed by atoms with E-state index in [-0.39, 0.29) is 0 Å². The summed E-state index contributed by atoms with van der Waals surface area (Å²) in [5, 5.41) is 7.88. The summed E-state index contributed by atoms with van der Waals surface area (Å²) in [6.45, 7) is 5.34. The molecule has 0 radical (unpaired) electrons. The average molecular weight is 279 g/mol. The third-order valence-corrected chi connectivity index (χ3v) is 4.64. The molecule has 0 aliphatic heterocycles. The van der Waals surface area contributed by atoms with Crippen LogP contribution < -0.4 is 5.32 Å². The molecule has 1 atom stereocenters. The number of hydrogen-bond acceptors (Lipinski definition) is 4. The van der Waals surface area contributed by atoms with Crippen molar-refractivity contribution in [3.63, 3.8) is 0 Å². The molecule has 0 aromatic carbocycles. The zero-order valence-corrected chi connectivity index (χ0v) is 12.9. The van der Waals surface area contributed by atoms with Gasteiger partial charge in [0.15, 0.2) is 0 Å². The van der Waals surface area contributed by atoms with Gasteiger partial charge in [0, 0.05) is 0 Å². The van der Waals surface area contributed by atoms with Crippen LogP contribution in [-0.4, -0.2) is 16.1 Å². The fraction of sp³-hybridized carbons (Fsp3) is 0.733. The van der Waals surface area contributed by atoms with Gasteiger partial charge in [-0.1, -0.05) is 35.9 Å². The Morgan fingerprint density at radius 2 is 2.16 bits per heavy atom. The van der Waals surface area contributed by atoms with E-state index in [4.69, 9.17) is 0 Å². The predicted octanol–water partition coefficient (Wildman–Crippen LogP) is 4.17. The quantitative estimate of drug-likeness (QED) is 0.822. The molecular weight excluding hydrogens is 254 g/mol. The molecule has 0 saturated heterocycles. The molecule has 0 amide bonds. The molecule has 1 unspecified atom stereocenters. The van der Waals surface area contributed by atoms with Crippen molar-refractivity contribution in [1.29, 1.82) is 0 Å². The summed E-state index contributed by atoms with van der Waals surface area (Å²) in [7, 11) is 0. The summed E-state index contributed by atoms with van der Waals surface area (Å²) in [5.41, 5.74) is 2.64. The first-order valence-corrected chi connectivity index (χ1v) is 8.31. The smallest absolute Gasteiger partial charge is 0.0776 e. The van der Waals surface area contributed by atoms with Gasteiger partial charge >= 0.3 is 0 Å². The highest BCUT2D eigenvalue weighted by molar-refractivity contribution is 7.05. The zero-order valence-electron chi connectivity index (χ0n) is 12.1. The van der Waals surface area contributed by atoms with E-state index in [1.165, 1.54) is 43.4 Å². The Morgan fingerprint density at radius 3 is 2.89 bits per heavy atom. The maximum absolute atomic E-state index is 4.18. The molecule has 1 aromatic rings. The van der Waals surface area contributed by atoms with Gasteiger partial charge in [0.2, 0.25) is 0 Å². The Morgan fingerprint density at radius 1 is 1.32 bits per heavy atom. The number of allylic oxidation sites excluding steroid dienone is 1. The summed E-state index contributed by atoms with van der Waals surface area (Å²) >= 11 is 1.55. The number of rotatable bonds is 5. The third kappa shape index (κ3) is 4.11. The van der Waals surface area contributed by atoms with Gasteiger partial charge in [-0.05, 0) is 57.1 Å². The monoisotopic (exact) mass is 279 g/mol. The van der Waals surface area contributed by atoms with Crippen LogP contribution in [0, 0.1) is 6.92 Å². The van der Waals surface area contributed by atoms with Crippen molar-refractivity contribution in [2.45, 2.75) is 64.8 Å². The molecule has 4 heteroatoms. The second-order valence-corrected chi connectivity index (χ2v) is 6.13. The van der Waals surface area contributed by atoms with Crippen molar-refractivity contribution in [2.24, 2.45) is 0 Å². The van der Waals surface area contributed by atoms with Crippen LogP contribution in [0.15, 0.2) is 11.6 Å². The summed E-state index contributed by atoms with van der Waals surface area (Å²) in [6.07, 6.45) is 11.5. The minimum Gasteiger partial charge on any atom is -0.306 e. The van der Waals surface area contributed by atoms with E-state index in [0.29, 0.717) is 6.04 Å². The lowest BCUT2D eigenvalue weighted by Crippen LogP contribution is -2.24. The lowest BCUT2D eigenvalue weighted by Gasteiger charge is -2.22. The Labute approximate surface area is 120 Å². The largest absolute Gasteiger partial charge is 0.306 e. The Kier molecular flexibility index (Phi) is 5.98. The molecule has 1 aliphatic rings. The third-order valence-electron chi connectivity index (χ3n) is 3.74. The van der Waals surface area contributed by atoms with Gasteiger partial charge in [0.05, 0.1) is 16.6 Å². The normalized spacial score (nSPS) is 18.5. The van der Waals surface area contributed by atoms with E-state index >= 15 is 0 Å². The van der Waals surface area contributed by atoms with E-state index in [2.05, 4.69) is 34.8 Å². The van der Waals surface area contributed by atoms with Crippen LogP contribution in [0.25, 0.3) is 0 Å². The van der Waals surface area contributed by atoms with Gasteiger partial charge in [-0.3, -0.25) is 0 Å². The number of aromatic nitrogens is 2. The van der Waals surface area contributed by atoms with Gasteiger partial charge in [0.1, 0.15) is 0 Å². The summed E-state index contributed by atoms with van der Waals surface area (Å²) in [4.78, 5) is 1.31. The Hall–Kier alpha value is -0.740. The predicted molar refractivity (Wildman–Crippen MR) is 81.5 cm³/mol. The zero-order chi connectivity index (χ0) is 13.5. The number of nitrogens with zero attached hydrogens (tertiary/aromatic N) is 2. The second-order valence-electron chi connectivity index (χ2n) is 5.34. The molecule has 1 heterocycles. The van der Waals surface area contributed by atoms with Crippen molar-refractivity contribution in [1.82, 2.24) is 14.9 Å². The topological polar surface area (TPSA) is 37.8 Å². The highest BCUT2D eigenvalue weighted by Gasteiger charge is 2.21. The first kappa shape index (κ1) is 14.7. The van der Waals surface area contributed by atoms with E-state index in [0.717, 1.165) is 18.7 Å². The van der Waals surface area contributed by atoms with Crippen LogP contribution in [0.1, 0.15) is 68.5 Å². The molecular formula is C15H25N3S. The van der Waals surface area contributed by atoms with Crippen molar-refractivity contribution in [3.8, 4) is 0 Å². The first-order chi connectivity index (χ1) is 9.33. The molecule has 1 N–H and O–H groups in total. The molecule has 19 heavy (non-hydrogen) atoms. The maximum Gasteiger partial charge on any atom is 0.0776 e. The van der Waals surface area contributed by atoms with Gasteiger partial charge in [0.25, 0.3) is 0 Å². The van der Waals surface area contributed by atoms with E-state index < -0.39 is 0 Å². The molecule has 3 nitrogen and oxygen atoms in total. The minimum atomic E-state index is 0.345. The molecule has 0 spiro atoms. The summed E-state index contributed by atoms with van der Waals surface area (Å²) in [5.74, 6) is 0. The highest BCUT2D eigenvalue weighted by Crippen LogP contribution is 2.31. The number of hydrogen-bond donors (Lipinski definition) is 1. The van der Waals surface area contributed by atoms with E-state index in [1.54, 1.807) is 17.1 Å². The van der Waals surface area contributed by atoms with Crippen molar-refractivity contribution < 1.29 is 0 Å². The maximum atomic E-state index is 4.18. The van der Waals surface area contributed by atoms with Crippen molar-refractivity contribution >= 4 is 11.5 Å². The molecule has 2 rings (SSSR count). The summed E-state index contributed by atoms with van der Waals surface area (Å²) in [6, 6.07) is 0.345. The fourth-order valence-corrected chi connectivity index (χ4v) is 3.43. The van der Waals surface area contributed by atoms with Crippen molar-refractivity contribution in [2.75, 3.05) is 6.54 Å². The van der Waals surface area contributed by atoms with Crippen LogP contribution >= 0.6 is 11.5 Å². The van der Waals surface area contributed by atoms with Crippen LogP contribution in [0.4, 0.5) is 0 Å². The second kappa shape index (κ2) is 7.75. The lowest BCUT2D eigenvalue weighted by atomic mass is 9.93. The fourth-order valence-electron chi connectivity index (χ4n) is 2.66. The van der Waals surface area contributed by atoms with Crippen molar-refractivity contribution in [3.05, 3.63) is 22.2 Å². The lowest BCUT2D eigenvalue weighted by molar-refractivity contribution is 0.543. The van der Waals surface area contributed by atoms with Crippen LogP contribution in [-0.2, 0) is 0 Å². The SMILES string of the molecule is CCCNC(C1=CCCCCCC1)c1snnc1C. The molecule has 1 aromatic heterocycles. The van der Waals surface area contributed by atoms with Gasteiger partial charge < -0.3 is 5.32 Å². The van der Waals surface area contributed by atoms with Gasteiger partial charge in [-0.15, -0.1) is 5.10 Å². The molecule has 0 fully saturated rings. The average Bonchev–Trinajstić information content (AvgIpc) is 2.78. The van der Waals surface area contributed by atoms with Crippen LogP contribution in [0.5, 0.6) is 0 Å². The van der Waals surface area contributed by atoms with Crippen LogP contribution in [0.3, 0.4) is 0 Å². The Bertz CT molecular complexity index is 411. The molecule has 106 valence electrons. The molecule has 1 aliphatic carbocycles. The van der Waals surface area contributed by atoms with E-state index in [1.807, 2.05) is 0 Å². The molecule has 0 saturated carbocycles. The number of nitrogens with one attached hydrogen (secondary N) is 1. The first-order valence-electron chi connectivity index (χ1n) is 7.54. The van der Waals surface area contributed by atoms with Gasteiger partial charge in [-0.25, -0.2) is 0 Å². The standard InChI is InChI=1S/C15H25N3S/c1-3-11-16-14(15-12(2)17-18-19-15)13-9-7-5-4-6-8-10-13/h9,14,16H,3-8,10-11H2,1-2H3. The van der Waals surface area contributed by atoms with Crippen LogP contribution in [0.2, 0.25) is 0 Å². The molecule has 0 bridgehead atoms. The van der Waals surface area contributed by atoms with Gasteiger partial charge in [-0.2, -0.15) is 0 Å².